The van der Waals surface area contributed by atoms with Crippen LogP contribution in [0.25, 0.3) is 5.76 Å². The van der Waals surface area contributed by atoms with Crippen LogP contribution in [-0.2, 0) is 24.7 Å². The Bertz CT molecular complexity index is 1170. The maximum Gasteiger partial charge on any atom is 0.296 e. The molecule has 0 saturated carbocycles. The van der Waals surface area contributed by atoms with Crippen LogP contribution in [0.15, 0.2) is 54.1 Å². The molecule has 1 fully saturated rings. The number of hydrogen-bond donors (Lipinski definition) is 1. The van der Waals surface area contributed by atoms with E-state index < -0.39 is 23.1 Å². The van der Waals surface area contributed by atoms with Crippen molar-refractivity contribution < 1.29 is 29.0 Å². The third kappa shape index (κ3) is 3.78. The van der Waals surface area contributed by atoms with Crippen molar-refractivity contribution >= 4 is 29.0 Å². The highest BCUT2D eigenvalue weighted by Crippen LogP contribution is 2.53. The molecule has 8 heteroatoms. The summed E-state index contributed by atoms with van der Waals surface area (Å²) in [7, 11) is 1.55. The van der Waals surface area contributed by atoms with Crippen LogP contribution in [0.3, 0.4) is 0 Å². The number of para-hydroxylation sites is 1. The molecule has 1 N–H and O–H groups in total. The first-order valence-electron chi connectivity index (χ1n) is 11.9. The van der Waals surface area contributed by atoms with Crippen LogP contribution in [0.2, 0.25) is 0 Å². The molecule has 2 amide bonds. The van der Waals surface area contributed by atoms with E-state index in [1.807, 2.05) is 26.0 Å². The summed E-state index contributed by atoms with van der Waals surface area (Å²) in [4.78, 5) is 43.9. The van der Waals surface area contributed by atoms with E-state index in [4.69, 9.17) is 9.47 Å². The third-order valence-corrected chi connectivity index (χ3v) is 6.43. The first kappa shape index (κ1) is 24.5. The van der Waals surface area contributed by atoms with E-state index in [9.17, 15) is 19.5 Å². The number of ether oxygens (including phenoxy) is 2. The standard InChI is InChI=1S/C27H30N2O6/c1-4-15-28-21-10-7-6-9-20(21)27(26(28)33)22(24(31)25(32)29(27)16-8-17-34-3)23(30)18-11-13-19(14-12-18)35-5-2/h6-7,9-14,30H,4-5,8,15-17H2,1-3H3. The predicted molar refractivity (Wildman–Crippen MR) is 131 cm³/mol. The second kappa shape index (κ2) is 9.92. The largest absolute Gasteiger partial charge is 0.507 e. The smallest absolute Gasteiger partial charge is 0.296 e. The molecule has 2 aliphatic rings. The van der Waals surface area contributed by atoms with Gasteiger partial charge in [-0.1, -0.05) is 25.1 Å². The normalized spacial score (nSPS) is 20.7. The zero-order chi connectivity index (χ0) is 25.2. The Morgan fingerprint density at radius 3 is 2.37 bits per heavy atom. The summed E-state index contributed by atoms with van der Waals surface area (Å²) >= 11 is 0. The summed E-state index contributed by atoms with van der Waals surface area (Å²) < 4.78 is 10.6. The first-order valence-corrected chi connectivity index (χ1v) is 11.9. The molecule has 2 heterocycles. The zero-order valence-corrected chi connectivity index (χ0v) is 20.2. The zero-order valence-electron chi connectivity index (χ0n) is 20.2. The number of rotatable bonds is 9. The number of aliphatic hydroxyl groups is 1. The summed E-state index contributed by atoms with van der Waals surface area (Å²) in [6, 6.07) is 13.7. The van der Waals surface area contributed by atoms with E-state index in [2.05, 4.69) is 0 Å². The van der Waals surface area contributed by atoms with Gasteiger partial charge >= 0.3 is 0 Å². The Kier molecular flexibility index (Phi) is 6.93. The van der Waals surface area contributed by atoms with Gasteiger partial charge in [0.1, 0.15) is 11.5 Å². The maximum atomic E-state index is 14.2. The lowest BCUT2D eigenvalue weighted by Gasteiger charge is -2.34. The Morgan fingerprint density at radius 1 is 1.00 bits per heavy atom. The number of benzene rings is 2. The van der Waals surface area contributed by atoms with Crippen molar-refractivity contribution in [2.45, 2.75) is 32.2 Å². The molecule has 0 aliphatic carbocycles. The quantitative estimate of drug-likeness (QED) is 0.257. The number of aliphatic hydroxyl groups excluding tert-OH is 1. The monoisotopic (exact) mass is 478 g/mol. The minimum atomic E-state index is -1.74. The van der Waals surface area contributed by atoms with E-state index in [0.717, 1.165) is 0 Å². The number of ketones is 1. The lowest BCUT2D eigenvalue weighted by Crippen LogP contribution is -2.52. The molecule has 184 valence electrons. The van der Waals surface area contributed by atoms with Crippen molar-refractivity contribution in [3.63, 3.8) is 0 Å². The number of hydrogen-bond acceptors (Lipinski definition) is 6. The number of fused-ring (bicyclic) bond motifs is 2. The molecule has 2 aromatic rings. The second-order valence-corrected chi connectivity index (χ2v) is 8.50. The van der Waals surface area contributed by atoms with Crippen LogP contribution >= 0.6 is 0 Å². The number of methoxy groups -OCH3 is 1. The van der Waals surface area contributed by atoms with Gasteiger partial charge < -0.3 is 24.4 Å². The van der Waals surface area contributed by atoms with Crippen LogP contribution in [0.1, 0.15) is 37.8 Å². The number of anilines is 1. The number of likely N-dealkylation sites (tertiary alicyclic amines) is 1. The van der Waals surface area contributed by atoms with Crippen molar-refractivity contribution in [3.05, 3.63) is 65.2 Å². The molecule has 0 bridgehead atoms. The molecular weight excluding hydrogens is 448 g/mol. The first-order chi connectivity index (χ1) is 16.9. The van der Waals surface area contributed by atoms with Gasteiger partial charge in [0.05, 0.1) is 17.9 Å². The van der Waals surface area contributed by atoms with Crippen LogP contribution in [-0.4, -0.2) is 61.0 Å². The Balaban J connectivity index is 1.97. The van der Waals surface area contributed by atoms with Crippen LogP contribution in [0.4, 0.5) is 5.69 Å². The van der Waals surface area contributed by atoms with Crippen molar-refractivity contribution in [3.8, 4) is 5.75 Å². The molecule has 2 aromatic carbocycles. The third-order valence-electron chi connectivity index (χ3n) is 6.43. The summed E-state index contributed by atoms with van der Waals surface area (Å²) in [6.07, 6.45) is 1.11. The molecule has 1 saturated heterocycles. The average molecular weight is 479 g/mol. The van der Waals surface area contributed by atoms with E-state index in [1.54, 1.807) is 48.4 Å². The summed E-state index contributed by atoms with van der Waals surface area (Å²) in [5, 5.41) is 11.4. The fraction of sp³-hybridized carbons (Fsp3) is 0.370. The van der Waals surface area contributed by atoms with Gasteiger partial charge in [-0.15, -0.1) is 0 Å². The van der Waals surface area contributed by atoms with Crippen molar-refractivity contribution in [1.29, 1.82) is 0 Å². The molecule has 1 atom stereocenters. The van der Waals surface area contributed by atoms with Crippen molar-refractivity contribution in [2.75, 3.05) is 38.3 Å². The van der Waals surface area contributed by atoms with E-state index in [1.165, 1.54) is 4.90 Å². The van der Waals surface area contributed by atoms with E-state index in [0.29, 0.717) is 55.2 Å². The lowest BCUT2D eigenvalue weighted by atomic mass is 9.82. The average Bonchev–Trinajstić information content (AvgIpc) is 3.24. The van der Waals surface area contributed by atoms with Crippen LogP contribution in [0, 0.1) is 0 Å². The minimum Gasteiger partial charge on any atom is -0.507 e. The molecular formula is C27H30N2O6. The minimum absolute atomic E-state index is 0.124. The predicted octanol–water partition coefficient (Wildman–Crippen LogP) is 3.45. The van der Waals surface area contributed by atoms with E-state index >= 15 is 0 Å². The molecule has 0 aromatic heterocycles. The summed E-state index contributed by atoms with van der Waals surface area (Å²) in [6.45, 7) is 5.20. The lowest BCUT2D eigenvalue weighted by molar-refractivity contribution is -0.143. The molecule has 8 nitrogen and oxygen atoms in total. The summed E-state index contributed by atoms with van der Waals surface area (Å²) in [5.41, 5.74) is -0.476. The van der Waals surface area contributed by atoms with E-state index in [-0.39, 0.29) is 17.9 Å². The second-order valence-electron chi connectivity index (χ2n) is 8.50. The molecule has 35 heavy (non-hydrogen) atoms. The highest BCUT2D eigenvalue weighted by molar-refractivity contribution is 6.50. The number of nitrogens with zero attached hydrogens (tertiary/aromatic N) is 2. The number of Topliss-reactive ketones (excluding diaryl/α,β-unsaturated/α-hetero) is 1. The highest BCUT2D eigenvalue weighted by atomic mass is 16.5. The van der Waals surface area contributed by atoms with Gasteiger partial charge in [-0.05, 0) is 50.1 Å². The summed E-state index contributed by atoms with van der Waals surface area (Å²) in [5.74, 6) is -1.88. The van der Waals surface area contributed by atoms with Gasteiger partial charge in [0.15, 0.2) is 5.54 Å². The Labute approximate surface area is 204 Å². The molecule has 2 aliphatic heterocycles. The molecule has 1 spiro atoms. The fourth-order valence-electron chi connectivity index (χ4n) is 5.00. The van der Waals surface area contributed by atoms with Gasteiger partial charge in [-0.2, -0.15) is 0 Å². The van der Waals surface area contributed by atoms with Gasteiger partial charge in [0, 0.05) is 37.9 Å². The van der Waals surface area contributed by atoms with Gasteiger partial charge in [-0.25, -0.2) is 0 Å². The molecule has 1 unspecified atom stereocenters. The number of carbonyl (C=O) groups excluding carboxylic acids is 3. The Morgan fingerprint density at radius 2 is 1.71 bits per heavy atom. The fourth-order valence-corrected chi connectivity index (χ4v) is 5.00. The maximum absolute atomic E-state index is 14.2. The molecule has 0 radical (unpaired) electrons. The van der Waals surface area contributed by atoms with Crippen molar-refractivity contribution in [1.82, 2.24) is 4.90 Å². The van der Waals surface area contributed by atoms with Gasteiger partial charge in [0.25, 0.3) is 17.6 Å². The van der Waals surface area contributed by atoms with Gasteiger partial charge in [0.2, 0.25) is 0 Å². The van der Waals surface area contributed by atoms with Crippen LogP contribution in [0.5, 0.6) is 5.75 Å². The van der Waals surface area contributed by atoms with Crippen molar-refractivity contribution in [2.24, 2.45) is 0 Å². The van der Waals surface area contributed by atoms with Crippen LogP contribution < -0.4 is 9.64 Å². The number of carbonyl (C=O) groups is 3. The molecule has 4 rings (SSSR count). The number of amides is 2. The SMILES string of the molecule is CCCN1C(=O)C2(C(=C(O)c3ccc(OCC)cc3)C(=O)C(=O)N2CCCOC)c2ccccc21. The topological polar surface area (TPSA) is 96.4 Å². The van der Waals surface area contributed by atoms with Gasteiger partial charge in [-0.3, -0.25) is 14.4 Å². The highest BCUT2D eigenvalue weighted by Gasteiger charge is 2.66. The Hall–Kier alpha value is -3.65.